The summed E-state index contributed by atoms with van der Waals surface area (Å²) in [6.45, 7) is 0.846. The van der Waals surface area contributed by atoms with Gasteiger partial charge in [0.2, 0.25) is 0 Å². The van der Waals surface area contributed by atoms with E-state index in [-0.39, 0.29) is 0 Å². The van der Waals surface area contributed by atoms with Crippen molar-refractivity contribution in [2.45, 2.75) is 6.54 Å². The zero-order valence-corrected chi connectivity index (χ0v) is 5.03. The monoisotopic (exact) mass is 122 g/mol. The van der Waals surface area contributed by atoms with E-state index in [0.717, 1.165) is 6.54 Å². The van der Waals surface area contributed by atoms with Crippen molar-refractivity contribution in [2.24, 2.45) is 4.99 Å². The Morgan fingerprint density at radius 2 is 2.62 bits per heavy atom. The van der Waals surface area contributed by atoms with E-state index in [2.05, 4.69) is 22.0 Å². The van der Waals surface area contributed by atoms with Gasteiger partial charge >= 0.3 is 0 Å². The number of fused-ring (bicyclic) bond motifs is 1. The van der Waals surface area contributed by atoms with E-state index < -0.39 is 0 Å². The van der Waals surface area contributed by atoms with Gasteiger partial charge in [0.1, 0.15) is 0 Å². The van der Waals surface area contributed by atoms with Crippen LogP contribution in [0.25, 0.3) is 0 Å². The molecule has 1 radical (unpaired) electrons. The summed E-state index contributed by atoms with van der Waals surface area (Å²) in [5.41, 5.74) is 2.52. The minimum atomic E-state index is 0.846. The van der Waals surface area contributed by atoms with Crippen molar-refractivity contribution in [1.29, 1.82) is 0 Å². The number of hydrogen-bond donors (Lipinski definition) is 0. The summed E-state index contributed by atoms with van der Waals surface area (Å²) in [4.78, 5) is 3.97. The van der Waals surface area contributed by atoms with Gasteiger partial charge in [-0.15, -0.1) is 0 Å². The summed E-state index contributed by atoms with van der Waals surface area (Å²) in [5.74, 6) is 0. The third-order valence-corrected chi connectivity index (χ3v) is 1.98. The van der Waals surface area contributed by atoms with E-state index in [1.165, 1.54) is 11.1 Å². The molecule has 0 amide bonds. The number of thiophene rings is 1. The van der Waals surface area contributed by atoms with Crippen LogP contribution in [0.3, 0.4) is 0 Å². The Kier molecular flexibility index (Phi) is 0.758. The van der Waals surface area contributed by atoms with E-state index >= 15 is 0 Å². The van der Waals surface area contributed by atoms with Gasteiger partial charge in [-0.25, -0.2) is 0 Å². The van der Waals surface area contributed by atoms with E-state index in [1.54, 1.807) is 11.3 Å². The molecule has 2 rings (SSSR count). The first-order valence-electron chi connectivity index (χ1n) is 2.44. The molecule has 0 N–H and O–H groups in total. The molecule has 0 aromatic carbocycles. The molecule has 0 aliphatic carbocycles. The highest BCUT2D eigenvalue weighted by Crippen LogP contribution is 2.17. The fourth-order valence-corrected chi connectivity index (χ4v) is 1.53. The highest BCUT2D eigenvalue weighted by atomic mass is 32.1. The van der Waals surface area contributed by atoms with Crippen molar-refractivity contribution in [3.8, 4) is 0 Å². The quantitative estimate of drug-likeness (QED) is 0.495. The summed E-state index contributed by atoms with van der Waals surface area (Å²) >= 11 is 1.72. The third-order valence-electron chi connectivity index (χ3n) is 1.19. The molecule has 1 aromatic heterocycles. The van der Waals surface area contributed by atoms with Crippen LogP contribution in [-0.4, -0.2) is 6.21 Å². The minimum Gasteiger partial charge on any atom is -0.278 e. The molecular weight excluding hydrogens is 118 g/mol. The first kappa shape index (κ1) is 4.27. The predicted molar refractivity (Wildman–Crippen MR) is 34.6 cm³/mol. The molecule has 1 aromatic rings. The number of aliphatic imine (C=N–C) groups is 1. The van der Waals surface area contributed by atoms with Crippen LogP contribution in [0.4, 0.5) is 0 Å². The molecule has 0 bridgehead atoms. The second-order valence-corrected chi connectivity index (χ2v) is 2.48. The Balaban J connectivity index is 2.67. The van der Waals surface area contributed by atoms with Gasteiger partial charge in [-0.2, -0.15) is 11.3 Å². The molecule has 39 valence electrons. The van der Waals surface area contributed by atoms with Crippen LogP contribution in [-0.2, 0) is 6.54 Å². The van der Waals surface area contributed by atoms with Crippen molar-refractivity contribution in [3.05, 3.63) is 21.9 Å². The highest BCUT2D eigenvalue weighted by molar-refractivity contribution is 7.08. The average Bonchev–Trinajstić information content (AvgIpc) is 2.15. The molecule has 0 saturated carbocycles. The standard InChI is InChI=1S/C6H4NS/c1-5-3-8-4-6(5)2-7-1/h3-4H,1H2. The Hall–Kier alpha value is -0.630. The van der Waals surface area contributed by atoms with Crippen LogP contribution in [0.2, 0.25) is 0 Å². The van der Waals surface area contributed by atoms with Crippen LogP contribution >= 0.6 is 11.3 Å². The Morgan fingerprint density at radius 1 is 1.62 bits per heavy atom. The van der Waals surface area contributed by atoms with E-state index in [4.69, 9.17) is 0 Å². The second-order valence-electron chi connectivity index (χ2n) is 1.74. The molecule has 0 unspecified atom stereocenters. The molecule has 1 nitrogen and oxygen atoms in total. The van der Waals surface area contributed by atoms with Gasteiger partial charge in [0.15, 0.2) is 0 Å². The smallest absolute Gasteiger partial charge is 0.0921 e. The van der Waals surface area contributed by atoms with Crippen molar-refractivity contribution < 1.29 is 0 Å². The molecule has 8 heavy (non-hydrogen) atoms. The summed E-state index contributed by atoms with van der Waals surface area (Å²) in [6, 6.07) is 0. The van der Waals surface area contributed by atoms with Crippen LogP contribution in [0, 0.1) is 0 Å². The van der Waals surface area contributed by atoms with Crippen LogP contribution in [0.15, 0.2) is 15.8 Å². The zero-order chi connectivity index (χ0) is 5.40. The molecule has 0 atom stereocenters. The Morgan fingerprint density at radius 3 is 3.50 bits per heavy atom. The van der Waals surface area contributed by atoms with Gasteiger partial charge in [-0.05, 0) is 10.9 Å². The van der Waals surface area contributed by atoms with Crippen molar-refractivity contribution in [1.82, 2.24) is 0 Å². The summed E-state index contributed by atoms with van der Waals surface area (Å²) in [6.07, 6.45) is 2.92. The first-order chi connectivity index (χ1) is 3.97. The Bertz CT molecular complexity index is 224. The van der Waals surface area contributed by atoms with E-state index in [9.17, 15) is 0 Å². The SMILES string of the molecule is [C]1=NCc2cscc21. The summed E-state index contributed by atoms with van der Waals surface area (Å²) in [5, 5.41) is 4.20. The lowest BCUT2D eigenvalue weighted by molar-refractivity contribution is 1.12. The normalized spacial score (nSPS) is 14.5. The summed E-state index contributed by atoms with van der Waals surface area (Å²) < 4.78 is 0. The van der Waals surface area contributed by atoms with Gasteiger partial charge in [-0.1, -0.05) is 0 Å². The first-order valence-corrected chi connectivity index (χ1v) is 3.38. The van der Waals surface area contributed by atoms with Gasteiger partial charge < -0.3 is 0 Å². The van der Waals surface area contributed by atoms with Gasteiger partial charge in [-0.3, -0.25) is 4.99 Å². The fraction of sp³-hybridized carbons (Fsp3) is 0.167. The van der Waals surface area contributed by atoms with Gasteiger partial charge in [0, 0.05) is 10.9 Å². The molecule has 1 aliphatic rings. The third kappa shape index (κ3) is 0.434. The fourth-order valence-electron chi connectivity index (χ4n) is 0.754. The Labute approximate surface area is 51.7 Å². The lowest BCUT2D eigenvalue weighted by Gasteiger charge is -1.77. The maximum atomic E-state index is 3.97. The largest absolute Gasteiger partial charge is 0.278 e. The topological polar surface area (TPSA) is 12.4 Å². The second kappa shape index (κ2) is 1.42. The van der Waals surface area contributed by atoms with Crippen LogP contribution in [0.1, 0.15) is 11.1 Å². The molecule has 0 saturated heterocycles. The lowest BCUT2D eigenvalue weighted by Crippen LogP contribution is -1.70. The molecule has 0 spiro atoms. The van der Waals surface area contributed by atoms with Gasteiger partial charge in [0.05, 0.1) is 12.8 Å². The molecule has 0 fully saturated rings. The average molecular weight is 122 g/mol. The maximum absolute atomic E-state index is 3.97. The van der Waals surface area contributed by atoms with E-state index in [1.807, 2.05) is 0 Å². The van der Waals surface area contributed by atoms with E-state index in [0.29, 0.717) is 0 Å². The number of hydrogen-bond acceptors (Lipinski definition) is 2. The predicted octanol–water partition coefficient (Wildman–Crippen LogP) is 1.56. The molecule has 2 heterocycles. The molecular formula is C6H4NS. The van der Waals surface area contributed by atoms with Gasteiger partial charge in [0.25, 0.3) is 0 Å². The van der Waals surface area contributed by atoms with Crippen LogP contribution < -0.4 is 0 Å². The minimum absolute atomic E-state index is 0.846. The molecule has 1 aliphatic heterocycles. The lowest BCUT2D eigenvalue weighted by atomic mass is 10.2. The number of rotatable bonds is 0. The van der Waals surface area contributed by atoms with Crippen molar-refractivity contribution in [2.75, 3.05) is 0 Å². The van der Waals surface area contributed by atoms with Crippen LogP contribution in [0.5, 0.6) is 0 Å². The van der Waals surface area contributed by atoms with Crippen molar-refractivity contribution >= 4 is 17.6 Å². The molecule has 2 heteroatoms. The maximum Gasteiger partial charge on any atom is 0.0921 e. The zero-order valence-electron chi connectivity index (χ0n) is 4.22. The van der Waals surface area contributed by atoms with Crippen molar-refractivity contribution in [3.63, 3.8) is 0 Å². The summed E-state index contributed by atoms with van der Waals surface area (Å²) in [7, 11) is 0. The highest BCUT2D eigenvalue weighted by Gasteiger charge is 2.04. The number of nitrogens with zero attached hydrogens (tertiary/aromatic N) is 1.